The fraction of sp³-hybridized carbons (Fsp3) is 0.0667. The molecule has 4 nitrogen and oxygen atoms in total. The lowest BCUT2D eigenvalue weighted by Gasteiger charge is -2.05. The molecule has 2 rings (SSSR count). The van der Waals surface area contributed by atoms with Crippen molar-refractivity contribution in [1.29, 1.82) is 0 Å². The Bertz CT molecular complexity index is 736. The van der Waals surface area contributed by atoms with Crippen molar-refractivity contribution in [2.24, 2.45) is 0 Å². The maximum atomic E-state index is 13.1. The SMILES string of the molecule is O=C(Nc1cccc(C#CCO)n1)c1ccc(F)c(F)c1. The molecule has 0 aliphatic heterocycles. The number of benzene rings is 1. The Morgan fingerprint density at radius 1 is 1.24 bits per heavy atom. The van der Waals surface area contributed by atoms with Gasteiger partial charge in [0.25, 0.3) is 5.91 Å². The van der Waals surface area contributed by atoms with Crippen LogP contribution in [0, 0.1) is 23.5 Å². The summed E-state index contributed by atoms with van der Waals surface area (Å²) in [5.41, 5.74) is 0.342. The summed E-state index contributed by atoms with van der Waals surface area (Å²) < 4.78 is 25.9. The number of carbonyl (C=O) groups is 1. The van der Waals surface area contributed by atoms with E-state index in [-0.39, 0.29) is 18.0 Å². The van der Waals surface area contributed by atoms with Crippen molar-refractivity contribution in [2.75, 3.05) is 11.9 Å². The van der Waals surface area contributed by atoms with Gasteiger partial charge in [0.1, 0.15) is 18.1 Å². The second-order valence-corrected chi connectivity index (χ2v) is 3.95. The van der Waals surface area contributed by atoms with Gasteiger partial charge in [0.05, 0.1) is 0 Å². The second-order valence-electron chi connectivity index (χ2n) is 3.95. The molecule has 0 spiro atoms. The van der Waals surface area contributed by atoms with E-state index in [1.807, 2.05) is 0 Å². The molecule has 0 fully saturated rings. The van der Waals surface area contributed by atoms with Gasteiger partial charge in [-0.3, -0.25) is 4.79 Å². The van der Waals surface area contributed by atoms with E-state index in [1.165, 1.54) is 12.1 Å². The van der Waals surface area contributed by atoms with Crippen molar-refractivity contribution in [1.82, 2.24) is 4.98 Å². The van der Waals surface area contributed by atoms with Crippen LogP contribution in [0.3, 0.4) is 0 Å². The number of anilines is 1. The van der Waals surface area contributed by atoms with Crippen molar-refractivity contribution in [3.8, 4) is 11.8 Å². The van der Waals surface area contributed by atoms with Gasteiger partial charge in [-0.25, -0.2) is 13.8 Å². The molecule has 0 saturated carbocycles. The molecule has 1 aromatic carbocycles. The van der Waals surface area contributed by atoms with Crippen molar-refractivity contribution in [2.45, 2.75) is 0 Å². The molecule has 0 saturated heterocycles. The Balaban J connectivity index is 2.17. The van der Waals surface area contributed by atoms with Crippen molar-refractivity contribution < 1.29 is 18.7 Å². The zero-order valence-corrected chi connectivity index (χ0v) is 10.7. The molecular weight excluding hydrogens is 278 g/mol. The summed E-state index contributed by atoms with van der Waals surface area (Å²) in [7, 11) is 0. The van der Waals surface area contributed by atoms with Gasteiger partial charge < -0.3 is 10.4 Å². The summed E-state index contributed by atoms with van der Waals surface area (Å²) in [5, 5.41) is 11.1. The van der Waals surface area contributed by atoms with Crippen LogP contribution in [0.5, 0.6) is 0 Å². The highest BCUT2D eigenvalue weighted by molar-refractivity contribution is 6.03. The largest absolute Gasteiger partial charge is 0.384 e. The predicted molar refractivity (Wildman–Crippen MR) is 72.5 cm³/mol. The van der Waals surface area contributed by atoms with E-state index in [0.29, 0.717) is 5.69 Å². The molecule has 0 radical (unpaired) electrons. The summed E-state index contributed by atoms with van der Waals surface area (Å²) in [6, 6.07) is 7.61. The van der Waals surface area contributed by atoms with E-state index in [4.69, 9.17) is 5.11 Å². The minimum absolute atomic E-state index is 0.0254. The molecule has 0 atom stereocenters. The number of aliphatic hydroxyl groups excluding tert-OH is 1. The highest BCUT2D eigenvalue weighted by Gasteiger charge is 2.10. The number of hydrogen-bond acceptors (Lipinski definition) is 3. The average molecular weight is 288 g/mol. The van der Waals surface area contributed by atoms with Crippen LogP contribution in [0.2, 0.25) is 0 Å². The number of halogens is 2. The molecule has 106 valence electrons. The number of hydrogen-bond donors (Lipinski definition) is 2. The molecule has 0 bridgehead atoms. The normalized spacial score (nSPS) is 9.67. The molecular formula is C15H10F2N2O2. The summed E-state index contributed by atoms with van der Waals surface area (Å²) in [4.78, 5) is 15.9. The third-order valence-corrected chi connectivity index (χ3v) is 2.47. The smallest absolute Gasteiger partial charge is 0.256 e. The minimum Gasteiger partial charge on any atom is -0.384 e. The highest BCUT2D eigenvalue weighted by atomic mass is 19.2. The Morgan fingerprint density at radius 3 is 2.76 bits per heavy atom. The first-order chi connectivity index (χ1) is 10.1. The van der Waals surface area contributed by atoms with Crippen LogP contribution in [0.25, 0.3) is 0 Å². The van der Waals surface area contributed by atoms with Crippen LogP contribution in [-0.4, -0.2) is 22.6 Å². The van der Waals surface area contributed by atoms with Crippen molar-refractivity contribution in [3.63, 3.8) is 0 Å². The number of carbonyl (C=O) groups excluding carboxylic acids is 1. The van der Waals surface area contributed by atoms with E-state index in [0.717, 1.165) is 12.1 Å². The Morgan fingerprint density at radius 2 is 2.05 bits per heavy atom. The lowest BCUT2D eigenvalue weighted by atomic mass is 10.2. The molecule has 1 amide bonds. The topological polar surface area (TPSA) is 62.2 Å². The third kappa shape index (κ3) is 3.84. The molecule has 0 unspecified atom stereocenters. The molecule has 21 heavy (non-hydrogen) atoms. The first-order valence-corrected chi connectivity index (χ1v) is 5.93. The molecule has 2 aromatic rings. The Kier molecular flexibility index (Phi) is 4.59. The summed E-state index contributed by atoms with van der Waals surface area (Å²) >= 11 is 0. The van der Waals surface area contributed by atoms with Crippen LogP contribution in [0.15, 0.2) is 36.4 Å². The average Bonchev–Trinajstić information content (AvgIpc) is 2.48. The van der Waals surface area contributed by atoms with Crippen LogP contribution in [0.4, 0.5) is 14.6 Å². The van der Waals surface area contributed by atoms with Crippen LogP contribution < -0.4 is 5.32 Å². The van der Waals surface area contributed by atoms with E-state index in [9.17, 15) is 13.6 Å². The lowest BCUT2D eigenvalue weighted by molar-refractivity contribution is 0.102. The minimum atomic E-state index is -1.10. The number of aliphatic hydroxyl groups is 1. The molecule has 2 N–H and O–H groups in total. The van der Waals surface area contributed by atoms with E-state index < -0.39 is 17.5 Å². The first kappa shape index (κ1) is 14.6. The number of rotatable bonds is 2. The fourth-order valence-corrected chi connectivity index (χ4v) is 1.53. The number of nitrogens with one attached hydrogen (secondary N) is 1. The number of nitrogens with zero attached hydrogens (tertiary/aromatic N) is 1. The van der Waals surface area contributed by atoms with Gasteiger partial charge in [-0.15, -0.1) is 0 Å². The van der Waals surface area contributed by atoms with Gasteiger partial charge in [-0.2, -0.15) is 0 Å². The van der Waals surface area contributed by atoms with Gasteiger partial charge in [-0.05, 0) is 36.3 Å². The van der Waals surface area contributed by atoms with E-state index in [1.54, 1.807) is 12.1 Å². The maximum absolute atomic E-state index is 13.1. The molecule has 1 aromatic heterocycles. The van der Waals surface area contributed by atoms with Crippen LogP contribution in [-0.2, 0) is 0 Å². The number of aromatic nitrogens is 1. The highest BCUT2D eigenvalue weighted by Crippen LogP contribution is 2.11. The van der Waals surface area contributed by atoms with Crippen molar-refractivity contribution >= 4 is 11.7 Å². The molecule has 0 aliphatic carbocycles. The zero-order chi connectivity index (χ0) is 15.2. The standard InChI is InChI=1S/C15H10F2N2O2/c16-12-7-6-10(9-13(12)17)15(21)19-14-5-1-3-11(18-14)4-2-8-20/h1,3,5-7,9,20H,8H2,(H,18,19,21). The van der Waals surface area contributed by atoms with Gasteiger partial charge in [0.15, 0.2) is 11.6 Å². The zero-order valence-electron chi connectivity index (χ0n) is 10.7. The van der Waals surface area contributed by atoms with Gasteiger partial charge in [0, 0.05) is 5.56 Å². The summed E-state index contributed by atoms with van der Waals surface area (Å²) in [6.45, 7) is -0.298. The first-order valence-electron chi connectivity index (χ1n) is 5.93. The summed E-state index contributed by atoms with van der Waals surface area (Å²) in [6.07, 6.45) is 0. The summed E-state index contributed by atoms with van der Waals surface area (Å²) in [5.74, 6) is 2.50. The van der Waals surface area contributed by atoms with Crippen molar-refractivity contribution in [3.05, 3.63) is 59.3 Å². The van der Waals surface area contributed by atoms with E-state index in [2.05, 4.69) is 22.1 Å². The van der Waals surface area contributed by atoms with E-state index >= 15 is 0 Å². The van der Waals surface area contributed by atoms with Crippen LogP contribution in [0.1, 0.15) is 16.1 Å². The van der Waals surface area contributed by atoms with Gasteiger partial charge in [-0.1, -0.05) is 12.0 Å². The lowest BCUT2D eigenvalue weighted by Crippen LogP contribution is -2.13. The Hall–Kier alpha value is -2.78. The second kappa shape index (κ2) is 6.59. The van der Waals surface area contributed by atoms with Crippen LogP contribution >= 0.6 is 0 Å². The third-order valence-electron chi connectivity index (χ3n) is 2.47. The Labute approximate surface area is 119 Å². The maximum Gasteiger partial charge on any atom is 0.256 e. The predicted octanol–water partition coefficient (Wildman–Crippen LogP) is 1.96. The molecule has 6 heteroatoms. The number of amides is 1. The molecule has 1 heterocycles. The van der Waals surface area contributed by atoms with Gasteiger partial charge >= 0.3 is 0 Å². The molecule has 0 aliphatic rings. The number of pyridine rings is 1. The monoisotopic (exact) mass is 288 g/mol. The van der Waals surface area contributed by atoms with Gasteiger partial charge in [0.2, 0.25) is 0 Å². The fourth-order valence-electron chi connectivity index (χ4n) is 1.53. The quantitative estimate of drug-likeness (QED) is 0.830.